The second-order valence-corrected chi connectivity index (χ2v) is 4.39. The molecule has 0 radical (unpaired) electrons. The molecule has 0 fully saturated rings. The van der Waals surface area contributed by atoms with Crippen molar-refractivity contribution in [3.8, 4) is 0 Å². The van der Waals surface area contributed by atoms with Gasteiger partial charge in [0.1, 0.15) is 5.82 Å². The van der Waals surface area contributed by atoms with Crippen molar-refractivity contribution in [2.24, 2.45) is 12.8 Å². The summed E-state index contributed by atoms with van der Waals surface area (Å²) in [5.74, 6) is 0.553. The average molecular weight is 267 g/mol. The Labute approximate surface area is 108 Å². The minimum Gasteiger partial charge on any atom is -0.383 e. The zero-order valence-corrected chi connectivity index (χ0v) is 11.1. The molecule has 0 spiro atoms. The Morgan fingerprint density at radius 2 is 2.16 bits per heavy atom. The molecule has 0 saturated carbocycles. The molecule has 0 aliphatic carbocycles. The number of rotatable bonds is 4. The highest BCUT2D eigenvalue weighted by Crippen LogP contribution is 2.13. The molecule has 2 aromatic heterocycles. The molecule has 2 heterocycles. The SMILES string of the molecule is COCCn1c(=O)[nH]c(=O)c2c1nc(C(C)N)n2C. The van der Waals surface area contributed by atoms with Crippen LogP contribution in [-0.4, -0.2) is 32.8 Å². The quantitative estimate of drug-likeness (QED) is 0.745. The van der Waals surface area contributed by atoms with Gasteiger partial charge >= 0.3 is 5.69 Å². The fourth-order valence-electron chi connectivity index (χ4n) is 2.06. The van der Waals surface area contributed by atoms with Crippen LogP contribution >= 0.6 is 0 Å². The van der Waals surface area contributed by atoms with Crippen molar-refractivity contribution < 1.29 is 4.74 Å². The normalized spacial score (nSPS) is 13.1. The highest BCUT2D eigenvalue weighted by atomic mass is 16.5. The van der Waals surface area contributed by atoms with E-state index in [1.807, 2.05) is 0 Å². The molecule has 8 nitrogen and oxygen atoms in total. The Morgan fingerprint density at radius 1 is 1.47 bits per heavy atom. The molecule has 104 valence electrons. The summed E-state index contributed by atoms with van der Waals surface area (Å²) < 4.78 is 7.95. The zero-order valence-electron chi connectivity index (χ0n) is 11.1. The molecule has 2 aromatic rings. The number of hydrogen-bond acceptors (Lipinski definition) is 5. The van der Waals surface area contributed by atoms with Gasteiger partial charge in [-0.2, -0.15) is 0 Å². The van der Waals surface area contributed by atoms with E-state index < -0.39 is 11.2 Å². The molecule has 19 heavy (non-hydrogen) atoms. The number of fused-ring (bicyclic) bond motifs is 1. The van der Waals surface area contributed by atoms with Crippen LogP contribution in [0.2, 0.25) is 0 Å². The fraction of sp³-hybridized carbons (Fsp3) is 0.545. The summed E-state index contributed by atoms with van der Waals surface area (Å²) >= 11 is 0. The minimum absolute atomic E-state index is 0.317. The smallest absolute Gasteiger partial charge is 0.330 e. The zero-order chi connectivity index (χ0) is 14.2. The first-order valence-electron chi connectivity index (χ1n) is 5.91. The molecular formula is C11H17N5O3. The van der Waals surface area contributed by atoms with Gasteiger partial charge in [0.25, 0.3) is 5.56 Å². The maximum absolute atomic E-state index is 11.9. The molecule has 1 unspecified atom stereocenters. The fourth-order valence-corrected chi connectivity index (χ4v) is 2.06. The molecular weight excluding hydrogens is 250 g/mol. The monoisotopic (exact) mass is 267 g/mol. The van der Waals surface area contributed by atoms with Crippen molar-refractivity contribution in [2.75, 3.05) is 13.7 Å². The molecule has 1 atom stereocenters. The maximum Gasteiger partial charge on any atom is 0.330 e. The molecule has 0 aliphatic rings. The van der Waals surface area contributed by atoms with Crippen LogP contribution in [0.3, 0.4) is 0 Å². The molecule has 8 heteroatoms. The van der Waals surface area contributed by atoms with Gasteiger partial charge in [-0.25, -0.2) is 9.78 Å². The maximum atomic E-state index is 11.9. The third-order valence-corrected chi connectivity index (χ3v) is 2.97. The lowest BCUT2D eigenvalue weighted by molar-refractivity contribution is 0.187. The number of nitrogens with zero attached hydrogens (tertiary/aromatic N) is 3. The molecule has 0 aliphatic heterocycles. The van der Waals surface area contributed by atoms with Crippen molar-refractivity contribution in [3.63, 3.8) is 0 Å². The van der Waals surface area contributed by atoms with Gasteiger partial charge in [-0.05, 0) is 6.92 Å². The van der Waals surface area contributed by atoms with Crippen molar-refractivity contribution in [3.05, 3.63) is 26.7 Å². The van der Waals surface area contributed by atoms with Crippen LogP contribution < -0.4 is 17.0 Å². The van der Waals surface area contributed by atoms with Gasteiger partial charge < -0.3 is 15.0 Å². The van der Waals surface area contributed by atoms with E-state index >= 15 is 0 Å². The summed E-state index contributed by atoms with van der Waals surface area (Å²) in [6.45, 7) is 2.44. The van der Waals surface area contributed by atoms with E-state index in [0.29, 0.717) is 30.1 Å². The van der Waals surface area contributed by atoms with E-state index in [0.717, 1.165) is 0 Å². The molecule has 3 N–H and O–H groups in total. The predicted octanol–water partition coefficient (Wildman–Crippen LogP) is -0.911. The molecule has 0 aromatic carbocycles. The van der Waals surface area contributed by atoms with Gasteiger partial charge in [0, 0.05) is 14.2 Å². The second kappa shape index (κ2) is 4.98. The number of aromatic nitrogens is 4. The van der Waals surface area contributed by atoms with E-state index in [-0.39, 0.29) is 6.04 Å². The summed E-state index contributed by atoms with van der Waals surface area (Å²) in [5.41, 5.74) is 5.52. The van der Waals surface area contributed by atoms with Gasteiger partial charge in [-0.15, -0.1) is 0 Å². The van der Waals surface area contributed by atoms with Crippen molar-refractivity contribution in [2.45, 2.75) is 19.5 Å². The number of H-pyrrole nitrogens is 1. The van der Waals surface area contributed by atoms with Crippen molar-refractivity contribution in [1.29, 1.82) is 0 Å². The summed E-state index contributed by atoms with van der Waals surface area (Å²) in [6, 6.07) is -0.331. The highest BCUT2D eigenvalue weighted by molar-refractivity contribution is 5.70. The summed E-state index contributed by atoms with van der Waals surface area (Å²) in [6.07, 6.45) is 0. The highest BCUT2D eigenvalue weighted by Gasteiger charge is 2.17. The standard InChI is InChI=1S/C11H17N5O3/c1-6(12)8-13-9-7(15(8)2)10(17)14-11(18)16(9)4-5-19-3/h6H,4-5,12H2,1-3H3,(H,14,17,18). The Bertz CT molecular complexity index is 709. The number of hydrogen-bond donors (Lipinski definition) is 2. The van der Waals surface area contributed by atoms with Gasteiger partial charge in [0.2, 0.25) is 0 Å². The molecule has 2 rings (SSSR count). The lowest BCUT2D eigenvalue weighted by Crippen LogP contribution is -2.32. The number of nitrogens with one attached hydrogen (secondary N) is 1. The first-order valence-corrected chi connectivity index (χ1v) is 5.91. The van der Waals surface area contributed by atoms with Crippen LogP contribution in [-0.2, 0) is 18.3 Å². The van der Waals surface area contributed by atoms with E-state index in [4.69, 9.17) is 10.5 Å². The number of methoxy groups -OCH3 is 1. The van der Waals surface area contributed by atoms with Gasteiger partial charge in [0.05, 0.1) is 19.2 Å². The number of nitrogens with two attached hydrogens (primary N) is 1. The molecule has 0 saturated heterocycles. The van der Waals surface area contributed by atoms with Crippen molar-refractivity contribution in [1.82, 2.24) is 19.1 Å². The lowest BCUT2D eigenvalue weighted by atomic mass is 10.3. The molecule has 0 amide bonds. The number of ether oxygens (including phenoxy) is 1. The van der Waals surface area contributed by atoms with Crippen LogP contribution in [0.4, 0.5) is 0 Å². The Hall–Kier alpha value is -1.93. The third kappa shape index (κ3) is 2.20. The Kier molecular flexibility index (Phi) is 3.54. The van der Waals surface area contributed by atoms with Crippen molar-refractivity contribution >= 4 is 11.2 Å². The Balaban J connectivity index is 2.79. The van der Waals surface area contributed by atoms with E-state index in [9.17, 15) is 9.59 Å². The van der Waals surface area contributed by atoms with Gasteiger partial charge in [-0.3, -0.25) is 14.3 Å². The van der Waals surface area contributed by atoms with Crippen LogP contribution in [0, 0.1) is 0 Å². The van der Waals surface area contributed by atoms with Crippen LogP contribution in [0.25, 0.3) is 11.2 Å². The minimum atomic E-state index is -0.496. The van der Waals surface area contributed by atoms with Gasteiger partial charge in [0.15, 0.2) is 11.2 Å². The van der Waals surface area contributed by atoms with E-state index in [1.54, 1.807) is 25.6 Å². The summed E-state index contributed by atoms with van der Waals surface area (Å²) in [4.78, 5) is 30.3. The predicted molar refractivity (Wildman–Crippen MR) is 70.1 cm³/mol. The third-order valence-electron chi connectivity index (χ3n) is 2.97. The number of aromatic amines is 1. The van der Waals surface area contributed by atoms with Crippen LogP contribution in [0.5, 0.6) is 0 Å². The average Bonchev–Trinajstić information content (AvgIpc) is 2.67. The second-order valence-electron chi connectivity index (χ2n) is 4.39. The largest absolute Gasteiger partial charge is 0.383 e. The van der Waals surface area contributed by atoms with E-state index in [1.165, 1.54) is 4.57 Å². The first-order chi connectivity index (χ1) is 8.97. The topological polar surface area (TPSA) is 108 Å². The number of imidazole rings is 1. The number of aryl methyl sites for hydroxylation is 1. The van der Waals surface area contributed by atoms with Gasteiger partial charge in [-0.1, -0.05) is 0 Å². The summed E-state index contributed by atoms with van der Waals surface area (Å²) in [7, 11) is 3.24. The van der Waals surface area contributed by atoms with Crippen LogP contribution in [0.1, 0.15) is 18.8 Å². The Morgan fingerprint density at radius 3 is 2.74 bits per heavy atom. The first kappa shape index (κ1) is 13.5. The molecule has 0 bridgehead atoms. The van der Waals surface area contributed by atoms with Crippen LogP contribution in [0.15, 0.2) is 9.59 Å². The van der Waals surface area contributed by atoms with E-state index in [2.05, 4.69) is 9.97 Å². The lowest BCUT2D eigenvalue weighted by Gasteiger charge is -2.05. The summed E-state index contributed by atoms with van der Waals surface area (Å²) in [5, 5.41) is 0.